The van der Waals surface area contributed by atoms with E-state index in [4.69, 9.17) is 0 Å². The van der Waals surface area contributed by atoms with Crippen LogP contribution in [0.4, 0.5) is 0 Å². The first-order valence-electron chi connectivity index (χ1n) is 6.85. The Labute approximate surface area is 103 Å². The topological polar surface area (TPSA) is 23.5 Å². The van der Waals surface area contributed by atoms with Gasteiger partial charge in [0.15, 0.2) is 0 Å². The predicted octanol–water partition coefficient (Wildman–Crippen LogP) is 3.16. The molecule has 92 valence electrons. The van der Waals surface area contributed by atoms with Crippen molar-refractivity contribution in [3.05, 3.63) is 29.8 Å². The summed E-state index contributed by atoms with van der Waals surface area (Å²) in [6.45, 7) is 2.24. The summed E-state index contributed by atoms with van der Waals surface area (Å²) in [6, 6.07) is 8.53. The first-order chi connectivity index (χ1) is 8.33. The van der Waals surface area contributed by atoms with E-state index in [0.29, 0.717) is 5.75 Å². The molecule has 0 aromatic heterocycles. The maximum Gasteiger partial charge on any atom is 0.115 e. The molecule has 1 N–H and O–H groups in total. The minimum Gasteiger partial charge on any atom is -0.508 e. The van der Waals surface area contributed by atoms with Crippen molar-refractivity contribution in [2.75, 3.05) is 6.54 Å². The van der Waals surface area contributed by atoms with Crippen LogP contribution >= 0.6 is 0 Å². The predicted molar refractivity (Wildman–Crippen MR) is 68.9 cm³/mol. The Morgan fingerprint density at radius 1 is 1.18 bits per heavy atom. The van der Waals surface area contributed by atoms with Crippen molar-refractivity contribution in [1.82, 2.24) is 4.90 Å². The first kappa shape index (κ1) is 11.1. The van der Waals surface area contributed by atoms with Gasteiger partial charge in [-0.05, 0) is 55.8 Å². The fraction of sp³-hybridized carbons (Fsp3) is 0.600. The molecule has 1 aliphatic heterocycles. The Morgan fingerprint density at radius 2 is 2.06 bits per heavy atom. The molecule has 0 bridgehead atoms. The summed E-state index contributed by atoms with van der Waals surface area (Å²) in [6.07, 6.45) is 7.00. The van der Waals surface area contributed by atoms with Crippen molar-refractivity contribution in [2.24, 2.45) is 5.92 Å². The summed E-state index contributed by atoms with van der Waals surface area (Å²) in [5.41, 5.74) is 1.25. The lowest BCUT2D eigenvalue weighted by atomic mass is 9.91. The minimum atomic E-state index is 0.391. The van der Waals surface area contributed by atoms with Gasteiger partial charge in [-0.25, -0.2) is 0 Å². The Morgan fingerprint density at radius 3 is 2.94 bits per heavy atom. The number of piperidine rings is 1. The SMILES string of the molecule is Oc1cccc(CN2CCCC3CCCC32)c1. The Balaban J connectivity index is 1.71. The molecule has 2 unspecified atom stereocenters. The molecule has 1 aliphatic carbocycles. The van der Waals surface area contributed by atoms with Crippen molar-refractivity contribution in [3.63, 3.8) is 0 Å². The number of phenolic OH excluding ortho intramolecular Hbond substituents is 1. The van der Waals surface area contributed by atoms with Gasteiger partial charge in [0.2, 0.25) is 0 Å². The van der Waals surface area contributed by atoms with Crippen LogP contribution in [-0.2, 0) is 6.54 Å². The number of rotatable bonds is 2. The maximum atomic E-state index is 9.51. The van der Waals surface area contributed by atoms with Gasteiger partial charge in [-0.3, -0.25) is 4.90 Å². The van der Waals surface area contributed by atoms with Crippen LogP contribution in [-0.4, -0.2) is 22.6 Å². The fourth-order valence-corrected chi connectivity index (χ4v) is 3.64. The number of aromatic hydroxyl groups is 1. The highest BCUT2D eigenvalue weighted by atomic mass is 16.3. The van der Waals surface area contributed by atoms with Crippen LogP contribution < -0.4 is 0 Å². The van der Waals surface area contributed by atoms with E-state index in [1.54, 1.807) is 6.07 Å². The number of nitrogens with zero attached hydrogens (tertiary/aromatic N) is 1. The van der Waals surface area contributed by atoms with Gasteiger partial charge in [-0.15, -0.1) is 0 Å². The summed E-state index contributed by atoms with van der Waals surface area (Å²) in [7, 11) is 0. The van der Waals surface area contributed by atoms with Gasteiger partial charge in [-0.1, -0.05) is 18.6 Å². The van der Waals surface area contributed by atoms with E-state index in [2.05, 4.69) is 11.0 Å². The lowest BCUT2D eigenvalue weighted by Gasteiger charge is -2.37. The molecule has 1 aromatic carbocycles. The minimum absolute atomic E-state index is 0.391. The van der Waals surface area contributed by atoms with Crippen molar-refractivity contribution < 1.29 is 5.11 Å². The molecule has 17 heavy (non-hydrogen) atoms. The van der Waals surface area contributed by atoms with E-state index in [-0.39, 0.29) is 0 Å². The summed E-state index contributed by atoms with van der Waals surface area (Å²) in [4.78, 5) is 2.63. The molecule has 0 radical (unpaired) electrons. The number of likely N-dealkylation sites (tertiary alicyclic amines) is 1. The Kier molecular flexibility index (Phi) is 3.06. The third-order valence-electron chi connectivity index (χ3n) is 4.40. The second-order valence-corrected chi connectivity index (χ2v) is 5.54. The molecule has 0 spiro atoms. The molecule has 2 nitrogen and oxygen atoms in total. The van der Waals surface area contributed by atoms with Gasteiger partial charge in [-0.2, -0.15) is 0 Å². The third-order valence-corrected chi connectivity index (χ3v) is 4.40. The van der Waals surface area contributed by atoms with Crippen LogP contribution in [0, 0.1) is 5.92 Å². The van der Waals surface area contributed by atoms with Crippen LogP contribution in [0.2, 0.25) is 0 Å². The lowest BCUT2D eigenvalue weighted by molar-refractivity contribution is 0.106. The van der Waals surface area contributed by atoms with E-state index >= 15 is 0 Å². The molecular weight excluding hydrogens is 210 g/mol. The molecule has 2 heteroatoms. The van der Waals surface area contributed by atoms with Gasteiger partial charge in [0, 0.05) is 12.6 Å². The number of fused-ring (bicyclic) bond motifs is 1. The van der Waals surface area contributed by atoms with Crippen LogP contribution in [0.25, 0.3) is 0 Å². The molecule has 1 saturated carbocycles. The quantitative estimate of drug-likeness (QED) is 0.845. The van der Waals surface area contributed by atoms with Crippen LogP contribution in [0.15, 0.2) is 24.3 Å². The zero-order valence-corrected chi connectivity index (χ0v) is 10.3. The van der Waals surface area contributed by atoms with E-state index in [1.807, 2.05) is 12.1 Å². The first-order valence-corrected chi connectivity index (χ1v) is 6.85. The largest absolute Gasteiger partial charge is 0.508 e. The number of benzene rings is 1. The van der Waals surface area contributed by atoms with Crippen molar-refractivity contribution in [1.29, 1.82) is 0 Å². The average molecular weight is 231 g/mol. The number of hydrogen-bond donors (Lipinski definition) is 1. The zero-order valence-electron chi connectivity index (χ0n) is 10.3. The van der Waals surface area contributed by atoms with Crippen molar-refractivity contribution in [3.8, 4) is 5.75 Å². The summed E-state index contributed by atoms with van der Waals surface area (Å²) in [5, 5.41) is 9.51. The Bertz CT molecular complexity index is 390. The van der Waals surface area contributed by atoms with Crippen LogP contribution in [0.5, 0.6) is 5.75 Å². The van der Waals surface area contributed by atoms with E-state index in [9.17, 15) is 5.11 Å². The van der Waals surface area contributed by atoms with Crippen LogP contribution in [0.1, 0.15) is 37.7 Å². The lowest BCUT2D eigenvalue weighted by Crippen LogP contribution is -2.41. The molecule has 2 aliphatic rings. The molecule has 1 aromatic rings. The molecule has 3 rings (SSSR count). The second-order valence-electron chi connectivity index (χ2n) is 5.54. The molecule has 2 fully saturated rings. The van der Waals surface area contributed by atoms with Crippen molar-refractivity contribution in [2.45, 2.75) is 44.7 Å². The molecule has 0 amide bonds. The number of hydrogen-bond acceptors (Lipinski definition) is 2. The van der Waals surface area contributed by atoms with E-state index in [1.165, 1.54) is 44.2 Å². The third kappa shape index (κ3) is 2.32. The van der Waals surface area contributed by atoms with Gasteiger partial charge in [0.25, 0.3) is 0 Å². The highest BCUT2D eigenvalue weighted by Crippen LogP contribution is 2.37. The average Bonchev–Trinajstić information content (AvgIpc) is 2.78. The highest BCUT2D eigenvalue weighted by Gasteiger charge is 2.34. The fourth-order valence-electron chi connectivity index (χ4n) is 3.64. The zero-order chi connectivity index (χ0) is 11.7. The Hall–Kier alpha value is -1.02. The van der Waals surface area contributed by atoms with E-state index in [0.717, 1.165) is 18.5 Å². The smallest absolute Gasteiger partial charge is 0.115 e. The summed E-state index contributed by atoms with van der Waals surface area (Å²) >= 11 is 0. The van der Waals surface area contributed by atoms with Crippen molar-refractivity contribution >= 4 is 0 Å². The standard InChI is InChI=1S/C15H21NO/c17-14-7-1-4-12(10-14)11-16-9-3-6-13-5-2-8-15(13)16/h1,4,7,10,13,15,17H,2-3,5-6,8-9,11H2. The van der Waals surface area contributed by atoms with Crippen LogP contribution in [0.3, 0.4) is 0 Å². The van der Waals surface area contributed by atoms with Gasteiger partial charge >= 0.3 is 0 Å². The second kappa shape index (κ2) is 4.69. The maximum absolute atomic E-state index is 9.51. The molecule has 2 atom stereocenters. The van der Waals surface area contributed by atoms with Gasteiger partial charge in [0.1, 0.15) is 5.75 Å². The summed E-state index contributed by atoms with van der Waals surface area (Å²) in [5.74, 6) is 1.34. The highest BCUT2D eigenvalue weighted by molar-refractivity contribution is 5.27. The van der Waals surface area contributed by atoms with Gasteiger partial charge in [0.05, 0.1) is 0 Å². The summed E-state index contributed by atoms with van der Waals surface area (Å²) < 4.78 is 0. The normalized spacial score (nSPS) is 29.2. The molecular formula is C15H21NO. The van der Waals surface area contributed by atoms with Gasteiger partial charge < -0.3 is 5.11 Å². The molecule has 1 heterocycles. The monoisotopic (exact) mass is 231 g/mol. The number of phenols is 1. The molecule has 1 saturated heterocycles. The van der Waals surface area contributed by atoms with E-state index < -0.39 is 0 Å².